The summed E-state index contributed by atoms with van der Waals surface area (Å²) in [7, 11) is 0. The minimum atomic E-state index is 0.0907. The third-order valence-corrected chi connectivity index (χ3v) is 4.64. The summed E-state index contributed by atoms with van der Waals surface area (Å²) in [6.45, 7) is 15.8. The van der Waals surface area contributed by atoms with E-state index in [1.165, 1.54) is 0 Å². The number of hydrogen-bond acceptors (Lipinski definition) is 6. The molecule has 23 heavy (non-hydrogen) atoms. The topological polar surface area (TPSA) is 40.5 Å². The van der Waals surface area contributed by atoms with Crippen LogP contribution in [0.25, 0.3) is 0 Å². The van der Waals surface area contributed by atoms with Crippen LogP contribution in [0.15, 0.2) is 16.9 Å². The number of guanidine groups is 1. The van der Waals surface area contributed by atoms with Gasteiger partial charge in [0.25, 0.3) is 0 Å². The lowest BCUT2D eigenvalue weighted by Gasteiger charge is -2.34. The molecule has 2 saturated heterocycles. The van der Waals surface area contributed by atoms with Gasteiger partial charge in [-0.2, -0.15) is 4.99 Å². The summed E-state index contributed by atoms with van der Waals surface area (Å²) in [5.74, 6) is 2.21. The van der Waals surface area contributed by atoms with E-state index in [1.807, 2.05) is 0 Å². The zero-order valence-corrected chi connectivity index (χ0v) is 14.9. The lowest BCUT2D eigenvalue weighted by Crippen LogP contribution is -2.45. The molecule has 0 spiro atoms. The van der Waals surface area contributed by atoms with Crippen molar-refractivity contribution in [2.45, 2.75) is 39.3 Å². The Kier molecular flexibility index (Phi) is 4.82. The largest absolute Gasteiger partial charge is 0.378 e. The van der Waals surface area contributed by atoms with Gasteiger partial charge >= 0.3 is 0 Å². The first kappa shape index (κ1) is 16.6. The van der Waals surface area contributed by atoms with Crippen molar-refractivity contribution >= 4 is 5.96 Å². The third kappa shape index (κ3) is 3.63. The molecule has 0 N–H and O–H groups in total. The highest BCUT2D eigenvalue weighted by Gasteiger charge is 2.42. The quantitative estimate of drug-likeness (QED) is 0.764. The maximum Gasteiger partial charge on any atom is 0.204 e. The maximum atomic E-state index is 5.76. The van der Waals surface area contributed by atoms with Crippen LogP contribution in [0, 0.1) is 0 Å². The number of morpholine rings is 1. The van der Waals surface area contributed by atoms with Gasteiger partial charge in [0.2, 0.25) is 5.96 Å². The van der Waals surface area contributed by atoms with Gasteiger partial charge in [0.1, 0.15) is 5.82 Å². The fourth-order valence-corrected chi connectivity index (χ4v) is 3.46. The first-order valence-electron chi connectivity index (χ1n) is 8.73. The fraction of sp³-hybridized carbons (Fsp3) is 0.824. The Morgan fingerprint density at radius 1 is 1.26 bits per heavy atom. The molecule has 2 fully saturated rings. The van der Waals surface area contributed by atoms with Crippen molar-refractivity contribution in [1.82, 2.24) is 14.7 Å². The highest BCUT2D eigenvalue weighted by molar-refractivity contribution is 5.85. The van der Waals surface area contributed by atoms with Gasteiger partial charge in [-0.05, 0) is 33.8 Å². The Balaban J connectivity index is 1.72. The summed E-state index contributed by atoms with van der Waals surface area (Å²) in [6.07, 6.45) is 2.52. The third-order valence-electron chi connectivity index (χ3n) is 4.64. The Morgan fingerprint density at radius 3 is 2.70 bits per heavy atom. The van der Waals surface area contributed by atoms with Gasteiger partial charge < -0.3 is 24.2 Å². The van der Waals surface area contributed by atoms with E-state index >= 15 is 0 Å². The van der Waals surface area contributed by atoms with Crippen LogP contribution in [-0.4, -0.2) is 84.8 Å². The molecule has 0 aromatic carbocycles. The van der Waals surface area contributed by atoms with Crippen LogP contribution in [0.2, 0.25) is 0 Å². The minimum absolute atomic E-state index is 0.0907. The number of ether oxygens (including phenoxy) is 2. The number of fused-ring (bicyclic) bond motifs is 1. The van der Waals surface area contributed by atoms with Crippen LogP contribution in [-0.2, 0) is 9.47 Å². The predicted molar refractivity (Wildman–Crippen MR) is 91.4 cm³/mol. The first-order valence-corrected chi connectivity index (χ1v) is 8.73. The Bertz CT molecular complexity index is 481. The zero-order chi connectivity index (χ0) is 16.4. The molecule has 0 aromatic rings. The standard InChI is InChI=1S/C17H30N4O2/c1-14(2)23-12-9-21-16-18-15(19-7-10-22-11-8-19)5-6-20(16)13-17(21,3)4/h5,14H,6-13H2,1-4H3. The number of aliphatic imine (C=N–C) groups is 1. The van der Waals surface area contributed by atoms with E-state index in [1.54, 1.807) is 0 Å². The van der Waals surface area contributed by atoms with E-state index in [-0.39, 0.29) is 11.6 Å². The zero-order valence-electron chi connectivity index (χ0n) is 14.9. The normalized spacial score (nSPS) is 24.0. The van der Waals surface area contributed by atoms with E-state index in [9.17, 15) is 0 Å². The van der Waals surface area contributed by atoms with Crippen LogP contribution >= 0.6 is 0 Å². The Labute approximate surface area is 139 Å². The molecule has 3 rings (SSSR count). The molecule has 0 atom stereocenters. The van der Waals surface area contributed by atoms with Gasteiger partial charge in [-0.1, -0.05) is 0 Å². The van der Waals surface area contributed by atoms with Gasteiger partial charge in [-0.15, -0.1) is 0 Å². The summed E-state index contributed by atoms with van der Waals surface area (Å²) in [6, 6.07) is 0. The van der Waals surface area contributed by atoms with Gasteiger partial charge in [0.05, 0.1) is 31.5 Å². The van der Waals surface area contributed by atoms with E-state index in [0.717, 1.165) is 64.3 Å². The molecule has 0 amide bonds. The van der Waals surface area contributed by atoms with Crippen LogP contribution in [0.1, 0.15) is 27.7 Å². The van der Waals surface area contributed by atoms with Crippen molar-refractivity contribution < 1.29 is 9.47 Å². The summed E-state index contributed by atoms with van der Waals surface area (Å²) >= 11 is 0. The van der Waals surface area contributed by atoms with Crippen molar-refractivity contribution in [2.24, 2.45) is 4.99 Å². The van der Waals surface area contributed by atoms with Crippen molar-refractivity contribution in [3.63, 3.8) is 0 Å². The first-order chi connectivity index (χ1) is 11.0. The smallest absolute Gasteiger partial charge is 0.204 e. The molecule has 3 heterocycles. The Hall–Kier alpha value is -1.27. The van der Waals surface area contributed by atoms with Crippen LogP contribution < -0.4 is 0 Å². The van der Waals surface area contributed by atoms with E-state index < -0.39 is 0 Å². The second kappa shape index (κ2) is 6.69. The van der Waals surface area contributed by atoms with Gasteiger partial charge in [0, 0.05) is 32.7 Å². The van der Waals surface area contributed by atoms with Crippen LogP contribution in [0.4, 0.5) is 0 Å². The van der Waals surface area contributed by atoms with Crippen molar-refractivity contribution in [1.29, 1.82) is 0 Å². The molecule has 6 heteroatoms. The molecule has 0 bridgehead atoms. The average Bonchev–Trinajstić information content (AvgIpc) is 2.77. The number of rotatable bonds is 5. The Morgan fingerprint density at radius 2 is 2.00 bits per heavy atom. The van der Waals surface area contributed by atoms with E-state index in [4.69, 9.17) is 14.5 Å². The fourth-order valence-electron chi connectivity index (χ4n) is 3.46. The van der Waals surface area contributed by atoms with Crippen molar-refractivity contribution in [3.05, 3.63) is 11.9 Å². The van der Waals surface area contributed by atoms with Gasteiger partial charge in [0.15, 0.2) is 0 Å². The highest BCUT2D eigenvalue weighted by Crippen LogP contribution is 2.29. The van der Waals surface area contributed by atoms with E-state index in [2.05, 4.69) is 48.5 Å². The summed E-state index contributed by atoms with van der Waals surface area (Å²) in [4.78, 5) is 12.1. The monoisotopic (exact) mass is 322 g/mol. The second-order valence-corrected chi connectivity index (χ2v) is 7.34. The summed E-state index contributed by atoms with van der Waals surface area (Å²) in [5.41, 5.74) is 0.0907. The molecule has 3 aliphatic rings. The molecule has 6 nitrogen and oxygen atoms in total. The van der Waals surface area contributed by atoms with Crippen LogP contribution in [0.5, 0.6) is 0 Å². The molecule has 0 radical (unpaired) electrons. The molecule has 0 saturated carbocycles. The average molecular weight is 322 g/mol. The highest BCUT2D eigenvalue weighted by atomic mass is 16.5. The summed E-state index contributed by atoms with van der Waals surface area (Å²) < 4.78 is 11.2. The summed E-state index contributed by atoms with van der Waals surface area (Å²) in [5, 5.41) is 0. The predicted octanol–water partition coefficient (Wildman–Crippen LogP) is 1.35. The van der Waals surface area contributed by atoms with Crippen LogP contribution in [0.3, 0.4) is 0 Å². The molecule has 3 aliphatic heterocycles. The number of nitrogens with zero attached hydrogens (tertiary/aromatic N) is 4. The minimum Gasteiger partial charge on any atom is -0.378 e. The second-order valence-electron chi connectivity index (χ2n) is 7.34. The molecule has 0 unspecified atom stereocenters. The SMILES string of the molecule is CC(C)OCCN1C2=NC(N3CCOCC3)=CCN2CC1(C)C. The van der Waals surface area contributed by atoms with Gasteiger partial charge in [-0.25, -0.2) is 0 Å². The van der Waals surface area contributed by atoms with Crippen molar-refractivity contribution in [2.75, 3.05) is 52.5 Å². The number of hydrogen-bond donors (Lipinski definition) is 0. The molecular weight excluding hydrogens is 292 g/mol. The van der Waals surface area contributed by atoms with E-state index in [0.29, 0.717) is 0 Å². The maximum absolute atomic E-state index is 5.76. The lowest BCUT2D eigenvalue weighted by molar-refractivity contribution is 0.0522. The molecular formula is C17H30N4O2. The lowest BCUT2D eigenvalue weighted by atomic mass is 10.1. The van der Waals surface area contributed by atoms with Gasteiger partial charge in [-0.3, -0.25) is 0 Å². The van der Waals surface area contributed by atoms with Crippen molar-refractivity contribution in [3.8, 4) is 0 Å². The molecule has 0 aromatic heterocycles. The molecule has 130 valence electrons. The molecule has 0 aliphatic carbocycles.